The summed E-state index contributed by atoms with van der Waals surface area (Å²) in [6, 6.07) is 13.6. The van der Waals surface area contributed by atoms with Crippen LogP contribution in [0.4, 0.5) is 0 Å². The highest BCUT2D eigenvalue weighted by atomic mass is 16.7. The molecule has 0 aromatic heterocycles. The standard InChI is InChI=1S/C19H15NO4/c1-19(10-11-19)15-9-5-4-8-14(15)18(23)24-20-16(21)12-6-2-3-7-13(12)17(20)22/h2-9H,10-11H2,1H3. The maximum atomic E-state index is 12.6. The molecule has 5 heteroatoms. The maximum Gasteiger partial charge on any atom is 0.364 e. The lowest BCUT2D eigenvalue weighted by Crippen LogP contribution is -2.33. The number of imide groups is 1. The van der Waals surface area contributed by atoms with Crippen molar-refractivity contribution in [2.75, 3.05) is 0 Å². The highest BCUT2D eigenvalue weighted by molar-refractivity contribution is 6.21. The summed E-state index contributed by atoms with van der Waals surface area (Å²) < 4.78 is 0. The first kappa shape index (κ1) is 14.6. The second-order valence-electron chi connectivity index (χ2n) is 6.44. The Morgan fingerprint density at radius 3 is 2.08 bits per heavy atom. The monoisotopic (exact) mass is 321 g/mol. The third kappa shape index (κ3) is 2.12. The minimum absolute atomic E-state index is 0.0302. The summed E-state index contributed by atoms with van der Waals surface area (Å²) in [6.45, 7) is 2.08. The second kappa shape index (κ2) is 5.03. The zero-order chi connectivity index (χ0) is 16.9. The summed E-state index contributed by atoms with van der Waals surface area (Å²) in [5.74, 6) is -1.91. The first-order valence-corrected chi connectivity index (χ1v) is 7.81. The molecule has 5 nitrogen and oxygen atoms in total. The van der Waals surface area contributed by atoms with Crippen molar-refractivity contribution >= 4 is 17.8 Å². The minimum Gasteiger partial charge on any atom is -0.324 e. The Morgan fingerprint density at radius 1 is 0.958 bits per heavy atom. The van der Waals surface area contributed by atoms with Gasteiger partial charge in [0.1, 0.15) is 0 Å². The molecule has 0 saturated heterocycles. The van der Waals surface area contributed by atoms with Gasteiger partial charge in [-0.3, -0.25) is 9.59 Å². The molecule has 2 amide bonds. The van der Waals surface area contributed by atoms with Crippen molar-refractivity contribution in [3.05, 3.63) is 70.8 Å². The van der Waals surface area contributed by atoms with E-state index < -0.39 is 17.8 Å². The van der Waals surface area contributed by atoms with E-state index in [4.69, 9.17) is 4.84 Å². The fraction of sp³-hybridized carbons (Fsp3) is 0.211. The van der Waals surface area contributed by atoms with Crippen LogP contribution in [-0.2, 0) is 10.3 Å². The van der Waals surface area contributed by atoms with Gasteiger partial charge in [0.2, 0.25) is 0 Å². The summed E-state index contributed by atoms with van der Waals surface area (Å²) >= 11 is 0. The van der Waals surface area contributed by atoms with Gasteiger partial charge in [-0.25, -0.2) is 4.79 Å². The van der Waals surface area contributed by atoms with Crippen molar-refractivity contribution in [1.82, 2.24) is 5.06 Å². The number of carbonyl (C=O) groups excluding carboxylic acids is 3. The minimum atomic E-state index is -0.687. The molecule has 1 aliphatic heterocycles. The number of hydroxylamine groups is 2. The summed E-state index contributed by atoms with van der Waals surface area (Å²) in [4.78, 5) is 42.3. The summed E-state index contributed by atoms with van der Waals surface area (Å²) in [5.41, 5.74) is 1.76. The van der Waals surface area contributed by atoms with Crippen LogP contribution in [-0.4, -0.2) is 22.8 Å². The van der Waals surface area contributed by atoms with E-state index in [1.807, 2.05) is 12.1 Å². The van der Waals surface area contributed by atoms with Gasteiger partial charge in [-0.2, -0.15) is 0 Å². The van der Waals surface area contributed by atoms with Gasteiger partial charge < -0.3 is 4.84 Å². The van der Waals surface area contributed by atoms with E-state index in [1.54, 1.807) is 36.4 Å². The predicted molar refractivity (Wildman–Crippen MR) is 85.4 cm³/mol. The van der Waals surface area contributed by atoms with Gasteiger partial charge in [0.05, 0.1) is 16.7 Å². The molecular weight excluding hydrogens is 306 g/mol. The van der Waals surface area contributed by atoms with Gasteiger partial charge in [0.25, 0.3) is 11.8 Å². The number of rotatable bonds is 3. The lowest BCUT2D eigenvalue weighted by molar-refractivity contribution is -0.0585. The molecule has 1 saturated carbocycles. The topological polar surface area (TPSA) is 63.7 Å². The molecule has 1 heterocycles. The van der Waals surface area contributed by atoms with Gasteiger partial charge in [-0.1, -0.05) is 42.3 Å². The smallest absolute Gasteiger partial charge is 0.324 e. The Labute approximate surface area is 138 Å². The van der Waals surface area contributed by atoms with Gasteiger partial charge >= 0.3 is 5.97 Å². The molecule has 0 unspecified atom stereocenters. The van der Waals surface area contributed by atoms with Crippen LogP contribution < -0.4 is 0 Å². The highest BCUT2D eigenvalue weighted by Crippen LogP contribution is 2.48. The number of nitrogens with zero attached hydrogens (tertiary/aromatic N) is 1. The number of amides is 2. The molecule has 1 aliphatic carbocycles. The highest BCUT2D eigenvalue weighted by Gasteiger charge is 2.43. The van der Waals surface area contributed by atoms with Crippen LogP contribution in [0.15, 0.2) is 48.5 Å². The van der Waals surface area contributed by atoms with Crippen molar-refractivity contribution in [3.8, 4) is 0 Å². The Bertz CT molecular complexity index is 847. The molecule has 0 N–H and O–H groups in total. The van der Waals surface area contributed by atoms with Gasteiger partial charge in [0.15, 0.2) is 0 Å². The number of benzene rings is 2. The quantitative estimate of drug-likeness (QED) is 0.815. The lowest BCUT2D eigenvalue weighted by Gasteiger charge is -2.17. The molecule has 0 spiro atoms. The number of hydrogen-bond donors (Lipinski definition) is 0. The zero-order valence-electron chi connectivity index (χ0n) is 13.1. The molecular formula is C19H15NO4. The Kier molecular flexibility index (Phi) is 3.06. The van der Waals surface area contributed by atoms with E-state index in [1.165, 1.54) is 0 Å². The molecule has 0 radical (unpaired) electrons. The van der Waals surface area contributed by atoms with Crippen LogP contribution in [0.25, 0.3) is 0 Å². The van der Waals surface area contributed by atoms with Crippen LogP contribution in [0.1, 0.15) is 56.4 Å². The van der Waals surface area contributed by atoms with Gasteiger partial charge in [-0.05, 0) is 42.0 Å². The normalized spacial score (nSPS) is 17.6. The largest absolute Gasteiger partial charge is 0.364 e. The van der Waals surface area contributed by atoms with Crippen molar-refractivity contribution in [3.63, 3.8) is 0 Å². The van der Waals surface area contributed by atoms with Crippen molar-refractivity contribution in [2.24, 2.45) is 0 Å². The Morgan fingerprint density at radius 2 is 1.50 bits per heavy atom. The molecule has 2 aliphatic rings. The van der Waals surface area contributed by atoms with E-state index in [9.17, 15) is 14.4 Å². The van der Waals surface area contributed by atoms with Crippen LogP contribution in [0, 0.1) is 0 Å². The molecule has 1 fully saturated rings. The third-order valence-electron chi connectivity index (χ3n) is 4.73. The fourth-order valence-corrected chi connectivity index (χ4v) is 3.03. The van der Waals surface area contributed by atoms with Crippen molar-refractivity contribution < 1.29 is 19.2 Å². The van der Waals surface area contributed by atoms with E-state index >= 15 is 0 Å². The summed E-state index contributed by atoms with van der Waals surface area (Å²) in [7, 11) is 0. The van der Waals surface area contributed by atoms with Crippen LogP contribution in [0.3, 0.4) is 0 Å². The van der Waals surface area contributed by atoms with E-state index in [2.05, 4.69) is 6.92 Å². The first-order valence-electron chi connectivity index (χ1n) is 7.81. The van der Waals surface area contributed by atoms with Gasteiger partial charge in [0, 0.05) is 0 Å². The molecule has 0 bridgehead atoms. The number of fused-ring (bicyclic) bond motifs is 1. The van der Waals surface area contributed by atoms with Crippen LogP contribution in [0.2, 0.25) is 0 Å². The predicted octanol–water partition coefficient (Wildman–Crippen LogP) is 3.11. The Hall–Kier alpha value is -2.95. The summed E-state index contributed by atoms with van der Waals surface area (Å²) in [5, 5.41) is 0.555. The second-order valence-corrected chi connectivity index (χ2v) is 6.44. The van der Waals surface area contributed by atoms with Crippen LogP contribution in [0.5, 0.6) is 0 Å². The van der Waals surface area contributed by atoms with Crippen molar-refractivity contribution in [1.29, 1.82) is 0 Å². The van der Waals surface area contributed by atoms with E-state index in [0.29, 0.717) is 10.6 Å². The Balaban J connectivity index is 1.63. The number of carbonyl (C=O) groups is 3. The molecule has 2 aromatic carbocycles. The fourth-order valence-electron chi connectivity index (χ4n) is 3.03. The lowest BCUT2D eigenvalue weighted by atomic mass is 9.93. The summed E-state index contributed by atoms with van der Waals surface area (Å²) in [6.07, 6.45) is 2.01. The SMILES string of the molecule is CC1(c2ccccc2C(=O)ON2C(=O)c3ccccc3C2=O)CC1. The molecule has 24 heavy (non-hydrogen) atoms. The zero-order valence-corrected chi connectivity index (χ0v) is 13.1. The van der Waals surface area contributed by atoms with Gasteiger partial charge in [-0.15, -0.1) is 0 Å². The van der Waals surface area contributed by atoms with Crippen molar-refractivity contribution in [2.45, 2.75) is 25.2 Å². The molecule has 0 atom stereocenters. The van der Waals surface area contributed by atoms with Crippen LogP contribution >= 0.6 is 0 Å². The molecule has 4 rings (SSSR count). The van der Waals surface area contributed by atoms with E-state index in [0.717, 1.165) is 18.4 Å². The maximum absolute atomic E-state index is 12.6. The molecule has 120 valence electrons. The number of hydrogen-bond acceptors (Lipinski definition) is 4. The van der Waals surface area contributed by atoms with E-state index in [-0.39, 0.29) is 16.5 Å². The molecule has 2 aromatic rings. The average Bonchev–Trinajstić information content (AvgIpc) is 3.32. The third-order valence-corrected chi connectivity index (χ3v) is 4.73. The first-order chi connectivity index (χ1) is 11.5. The average molecular weight is 321 g/mol.